The number of aryl methyl sites for hydroxylation is 1. The maximum absolute atomic E-state index is 5.69. The van der Waals surface area contributed by atoms with Crippen molar-refractivity contribution in [2.45, 2.75) is 39.3 Å². The van der Waals surface area contributed by atoms with E-state index in [-0.39, 0.29) is 0 Å². The fraction of sp³-hybridized carbons (Fsp3) is 0.538. The maximum Gasteiger partial charge on any atom is 0.197 e. The second-order valence-electron chi connectivity index (χ2n) is 6.14. The first-order chi connectivity index (χ1) is 9.87. The first kappa shape index (κ1) is 16.3. The summed E-state index contributed by atoms with van der Waals surface area (Å²) in [7, 11) is -1.06. The maximum atomic E-state index is 5.69. The SMILES string of the molecule is Cc1cnncc1-c1nc(Br)n(COCC[Si](C)(C)C)n1. The van der Waals surface area contributed by atoms with Gasteiger partial charge in [0.25, 0.3) is 0 Å². The van der Waals surface area contributed by atoms with E-state index in [1.165, 1.54) is 0 Å². The van der Waals surface area contributed by atoms with E-state index < -0.39 is 8.07 Å². The van der Waals surface area contributed by atoms with E-state index in [1.807, 2.05) is 6.92 Å². The molecule has 6 nitrogen and oxygen atoms in total. The van der Waals surface area contributed by atoms with Crippen LogP contribution in [0.5, 0.6) is 0 Å². The van der Waals surface area contributed by atoms with Crippen molar-refractivity contribution >= 4 is 24.0 Å². The predicted molar refractivity (Wildman–Crippen MR) is 87.6 cm³/mol. The van der Waals surface area contributed by atoms with Gasteiger partial charge < -0.3 is 4.74 Å². The lowest BCUT2D eigenvalue weighted by atomic mass is 10.2. The summed E-state index contributed by atoms with van der Waals surface area (Å²) in [6.07, 6.45) is 3.38. The molecule has 0 aromatic carbocycles. The van der Waals surface area contributed by atoms with Crippen LogP contribution < -0.4 is 0 Å². The Balaban J connectivity index is 2.02. The Morgan fingerprint density at radius 2 is 1.95 bits per heavy atom. The molecule has 0 saturated heterocycles. The molecule has 0 radical (unpaired) electrons. The lowest BCUT2D eigenvalue weighted by Gasteiger charge is -2.15. The van der Waals surface area contributed by atoms with Gasteiger partial charge in [-0.1, -0.05) is 19.6 Å². The normalized spacial score (nSPS) is 11.9. The molecule has 2 aromatic heterocycles. The standard InChI is InChI=1S/C13H20BrN5OSi/c1-10-7-15-16-8-11(10)12-17-13(14)19(18-12)9-20-5-6-21(2,3)4/h7-8H,5-6,9H2,1-4H3. The Morgan fingerprint density at radius 3 is 2.62 bits per heavy atom. The highest BCUT2D eigenvalue weighted by Crippen LogP contribution is 2.20. The number of hydrogen-bond acceptors (Lipinski definition) is 5. The van der Waals surface area contributed by atoms with Gasteiger partial charge in [-0.3, -0.25) is 0 Å². The van der Waals surface area contributed by atoms with E-state index in [1.54, 1.807) is 17.1 Å². The third-order valence-corrected chi connectivity index (χ3v) is 5.30. The Hall–Kier alpha value is -1.12. The van der Waals surface area contributed by atoms with Crippen LogP contribution in [-0.2, 0) is 11.5 Å². The molecule has 2 rings (SSSR count). The van der Waals surface area contributed by atoms with Crippen LogP contribution in [0.1, 0.15) is 5.56 Å². The minimum atomic E-state index is -1.06. The molecule has 0 aliphatic carbocycles. The molecule has 0 amide bonds. The zero-order chi connectivity index (χ0) is 15.5. The lowest BCUT2D eigenvalue weighted by molar-refractivity contribution is 0.0767. The molecule has 2 heterocycles. The van der Waals surface area contributed by atoms with Gasteiger partial charge in [-0.2, -0.15) is 10.2 Å². The molecule has 21 heavy (non-hydrogen) atoms. The van der Waals surface area contributed by atoms with Gasteiger partial charge in [0.15, 0.2) is 10.6 Å². The van der Waals surface area contributed by atoms with Gasteiger partial charge in [-0.15, -0.1) is 5.10 Å². The second kappa shape index (κ2) is 6.76. The molecule has 0 aliphatic rings. The highest BCUT2D eigenvalue weighted by Gasteiger charge is 2.14. The Kier molecular flexibility index (Phi) is 5.23. The average molecular weight is 370 g/mol. The molecule has 8 heteroatoms. The smallest absolute Gasteiger partial charge is 0.197 e. The molecule has 114 valence electrons. The van der Waals surface area contributed by atoms with Gasteiger partial charge in [0, 0.05) is 20.2 Å². The van der Waals surface area contributed by atoms with Gasteiger partial charge >= 0.3 is 0 Å². The van der Waals surface area contributed by atoms with Gasteiger partial charge in [0.2, 0.25) is 0 Å². The van der Waals surface area contributed by atoms with Crippen LogP contribution in [0.25, 0.3) is 11.4 Å². The van der Waals surface area contributed by atoms with Crippen LogP contribution in [0, 0.1) is 6.92 Å². The predicted octanol–water partition coefficient (Wildman–Crippen LogP) is 3.12. The number of ether oxygens (including phenoxy) is 1. The van der Waals surface area contributed by atoms with Crippen molar-refractivity contribution in [3.63, 3.8) is 0 Å². The summed E-state index contributed by atoms with van der Waals surface area (Å²) in [5.41, 5.74) is 1.88. The average Bonchev–Trinajstić information content (AvgIpc) is 2.75. The molecular weight excluding hydrogens is 350 g/mol. The zero-order valence-corrected chi connectivity index (χ0v) is 15.4. The van der Waals surface area contributed by atoms with E-state index >= 15 is 0 Å². The molecule has 0 N–H and O–H groups in total. The summed E-state index contributed by atoms with van der Waals surface area (Å²) in [4.78, 5) is 4.40. The summed E-state index contributed by atoms with van der Waals surface area (Å²) in [6.45, 7) is 10.1. The molecule has 0 atom stereocenters. The highest BCUT2D eigenvalue weighted by atomic mass is 79.9. The Bertz CT molecular complexity index is 611. The summed E-state index contributed by atoms with van der Waals surface area (Å²) in [5.74, 6) is 0.628. The van der Waals surface area contributed by atoms with Crippen molar-refractivity contribution in [3.05, 3.63) is 22.7 Å². The lowest BCUT2D eigenvalue weighted by Crippen LogP contribution is -2.22. The molecule has 0 aliphatic heterocycles. The van der Waals surface area contributed by atoms with E-state index in [0.29, 0.717) is 17.3 Å². The fourth-order valence-electron chi connectivity index (χ4n) is 1.67. The van der Waals surface area contributed by atoms with Crippen molar-refractivity contribution in [1.29, 1.82) is 0 Å². The number of aromatic nitrogens is 5. The first-order valence-corrected chi connectivity index (χ1v) is 11.3. The van der Waals surface area contributed by atoms with Crippen LogP contribution >= 0.6 is 15.9 Å². The van der Waals surface area contributed by atoms with Crippen LogP contribution in [0.3, 0.4) is 0 Å². The van der Waals surface area contributed by atoms with E-state index in [4.69, 9.17) is 4.74 Å². The van der Waals surface area contributed by atoms with Crippen LogP contribution in [0.4, 0.5) is 0 Å². The van der Waals surface area contributed by atoms with Crippen molar-refractivity contribution in [2.75, 3.05) is 6.61 Å². The van der Waals surface area contributed by atoms with E-state index in [0.717, 1.165) is 23.8 Å². The molecule has 0 saturated carbocycles. The Morgan fingerprint density at radius 1 is 1.24 bits per heavy atom. The van der Waals surface area contributed by atoms with Gasteiger partial charge in [-0.25, -0.2) is 9.67 Å². The highest BCUT2D eigenvalue weighted by molar-refractivity contribution is 9.10. The third kappa shape index (κ3) is 4.68. The molecule has 0 unspecified atom stereocenters. The van der Waals surface area contributed by atoms with Crippen molar-refractivity contribution in [2.24, 2.45) is 0 Å². The van der Waals surface area contributed by atoms with Crippen molar-refractivity contribution in [1.82, 2.24) is 25.0 Å². The largest absolute Gasteiger partial charge is 0.359 e. The van der Waals surface area contributed by atoms with Crippen LogP contribution in [0.2, 0.25) is 25.7 Å². The summed E-state index contributed by atoms with van der Waals surface area (Å²) < 4.78 is 8.06. The third-order valence-electron chi connectivity index (χ3n) is 3.01. The molecule has 0 bridgehead atoms. The van der Waals surface area contributed by atoms with E-state index in [2.05, 4.69) is 55.9 Å². The quantitative estimate of drug-likeness (QED) is 0.577. The number of halogens is 1. The molecule has 0 spiro atoms. The summed E-state index contributed by atoms with van der Waals surface area (Å²) in [6, 6.07) is 1.14. The number of hydrogen-bond donors (Lipinski definition) is 0. The van der Waals surface area contributed by atoms with Gasteiger partial charge in [0.05, 0.1) is 12.4 Å². The van der Waals surface area contributed by atoms with Gasteiger partial charge in [0.1, 0.15) is 6.73 Å². The minimum absolute atomic E-state index is 0.398. The minimum Gasteiger partial charge on any atom is -0.359 e. The Labute approximate surface area is 134 Å². The van der Waals surface area contributed by atoms with Crippen LogP contribution in [-0.4, -0.2) is 39.6 Å². The zero-order valence-electron chi connectivity index (χ0n) is 12.8. The van der Waals surface area contributed by atoms with E-state index in [9.17, 15) is 0 Å². The fourth-order valence-corrected chi connectivity index (χ4v) is 2.77. The summed E-state index contributed by atoms with van der Waals surface area (Å²) in [5, 5.41) is 12.2. The van der Waals surface area contributed by atoms with Gasteiger partial charge in [-0.05, 0) is 34.5 Å². The number of rotatable bonds is 6. The second-order valence-corrected chi connectivity index (χ2v) is 12.5. The number of nitrogens with zero attached hydrogens (tertiary/aromatic N) is 5. The van der Waals surface area contributed by atoms with Crippen molar-refractivity contribution in [3.8, 4) is 11.4 Å². The molecule has 2 aromatic rings. The first-order valence-electron chi connectivity index (χ1n) is 6.82. The molecular formula is C13H20BrN5OSi. The monoisotopic (exact) mass is 369 g/mol. The summed E-state index contributed by atoms with van der Waals surface area (Å²) >= 11 is 3.41. The van der Waals surface area contributed by atoms with Crippen molar-refractivity contribution < 1.29 is 4.74 Å². The molecule has 0 fully saturated rings. The van der Waals surface area contributed by atoms with Crippen LogP contribution in [0.15, 0.2) is 17.1 Å². The topological polar surface area (TPSA) is 65.7 Å².